The van der Waals surface area contributed by atoms with Gasteiger partial charge >= 0.3 is 0 Å². The molecule has 0 aliphatic heterocycles. The van der Waals surface area contributed by atoms with Gasteiger partial charge in [-0.15, -0.1) is 24.8 Å². The lowest BCUT2D eigenvalue weighted by Gasteiger charge is -2.16. The standard InChI is InChI=1S/C16H22N4O.2ClH/c1-12(17)6-7-16(21)19-13(2)14-4-3-5-15(10-14)20-9-8-18-11-20;;/h3-5,8-13H,6-7,17H2,1-2H3,(H,19,21);2*1H. The lowest BCUT2D eigenvalue weighted by molar-refractivity contribution is -0.121. The summed E-state index contributed by atoms with van der Waals surface area (Å²) in [5, 5.41) is 3.00. The van der Waals surface area contributed by atoms with Crippen LogP contribution in [0.4, 0.5) is 0 Å². The first-order chi connectivity index (χ1) is 10.1. The van der Waals surface area contributed by atoms with Crippen LogP contribution < -0.4 is 11.1 Å². The summed E-state index contributed by atoms with van der Waals surface area (Å²) in [6.45, 7) is 3.89. The number of hydrogen-bond acceptors (Lipinski definition) is 3. The van der Waals surface area contributed by atoms with Gasteiger partial charge in [-0.3, -0.25) is 4.79 Å². The molecule has 1 aromatic heterocycles. The highest BCUT2D eigenvalue weighted by Gasteiger charge is 2.10. The number of rotatable bonds is 6. The fraction of sp³-hybridized carbons (Fsp3) is 0.375. The topological polar surface area (TPSA) is 72.9 Å². The molecule has 0 saturated heterocycles. The smallest absolute Gasteiger partial charge is 0.220 e. The second-order valence-corrected chi connectivity index (χ2v) is 5.37. The van der Waals surface area contributed by atoms with Crippen LogP contribution in [0, 0.1) is 0 Å². The fourth-order valence-corrected chi connectivity index (χ4v) is 2.12. The molecule has 7 heteroatoms. The van der Waals surface area contributed by atoms with Crippen molar-refractivity contribution in [2.75, 3.05) is 0 Å². The Hall–Kier alpha value is -1.56. The van der Waals surface area contributed by atoms with Crippen LogP contribution in [0.15, 0.2) is 43.0 Å². The summed E-state index contributed by atoms with van der Waals surface area (Å²) in [4.78, 5) is 15.9. The van der Waals surface area contributed by atoms with Crippen LogP contribution in [0.2, 0.25) is 0 Å². The zero-order valence-corrected chi connectivity index (χ0v) is 14.9. The van der Waals surface area contributed by atoms with Crippen LogP contribution in [0.5, 0.6) is 0 Å². The molecule has 0 spiro atoms. The second kappa shape index (κ2) is 10.3. The Kier molecular flexibility index (Phi) is 9.56. The highest BCUT2D eigenvalue weighted by molar-refractivity contribution is 5.85. The Morgan fingerprint density at radius 2 is 2.09 bits per heavy atom. The molecular formula is C16H24Cl2N4O. The summed E-state index contributed by atoms with van der Waals surface area (Å²) < 4.78 is 1.94. The normalized spacial score (nSPS) is 12.5. The van der Waals surface area contributed by atoms with Gasteiger partial charge in [0, 0.05) is 30.5 Å². The molecule has 0 radical (unpaired) electrons. The van der Waals surface area contributed by atoms with E-state index in [-0.39, 0.29) is 42.8 Å². The third-order valence-electron chi connectivity index (χ3n) is 3.38. The number of benzene rings is 1. The molecule has 2 unspecified atom stereocenters. The lowest BCUT2D eigenvalue weighted by Crippen LogP contribution is -2.28. The maximum atomic E-state index is 11.9. The van der Waals surface area contributed by atoms with Crippen molar-refractivity contribution >= 4 is 30.7 Å². The summed E-state index contributed by atoms with van der Waals surface area (Å²) in [6, 6.07) is 8.07. The average Bonchev–Trinajstić information content (AvgIpc) is 2.99. The average molecular weight is 359 g/mol. The highest BCUT2D eigenvalue weighted by atomic mass is 35.5. The summed E-state index contributed by atoms with van der Waals surface area (Å²) in [6.07, 6.45) is 6.55. The summed E-state index contributed by atoms with van der Waals surface area (Å²) >= 11 is 0. The number of nitrogens with zero attached hydrogens (tertiary/aromatic N) is 2. The van der Waals surface area contributed by atoms with Crippen molar-refractivity contribution in [3.8, 4) is 5.69 Å². The van der Waals surface area contributed by atoms with E-state index in [1.807, 2.05) is 42.8 Å². The van der Waals surface area contributed by atoms with Crippen LogP contribution in [0.3, 0.4) is 0 Å². The van der Waals surface area contributed by atoms with Crippen molar-refractivity contribution in [1.29, 1.82) is 0 Å². The summed E-state index contributed by atoms with van der Waals surface area (Å²) in [5.74, 6) is 0.0350. The van der Waals surface area contributed by atoms with Gasteiger partial charge < -0.3 is 15.6 Å². The van der Waals surface area contributed by atoms with Gasteiger partial charge in [-0.25, -0.2) is 4.98 Å². The Balaban J connectivity index is 0.00000242. The van der Waals surface area contributed by atoms with E-state index in [9.17, 15) is 4.79 Å². The molecule has 2 aromatic rings. The third-order valence-corrected chi connectivity index (χ3v) is 3.38. The number of carbonyl (C=O) groups excluding carboxylic acids is 1. The number of nitrogens with one attached hydrogen (secondary N) is 1. The van der Waals surface area contributed by atoms with Crippen LogP contribution >= 0.6 is 24.8 Å². The molecule has 3 N–H and O–H groups in total. The molecule has 1 amide bonds. The third kappa shape index (κ3) is 6.60. The molecule has 0 aliphatic carbocycles. The minimum atomic E-state index is -0.0333. The van der Waals surface area contributed by atoms with E-state index in [4.69, 9.17) is 5.73 Å². The van der Waals surface area contributed by atoms with Crippen molar-refractivity contribution in [3.05, 3.63) is 48.5 Å². The molecule has 2 atom stereocenters. The number of aromatic nitrogens is 2. The fourth-order valence-electron chi connectivity index (χ4n) is 2.12. The van der Waals surface area contributed by atoms with Crippen molar-refractivity contribution in [2.45, 2.75) is 38.8 Å². The van der Waals surface area contributed by atoms with E-state index in [1.54, 1.807) is 12.5 Å². The number of halogens is 2. The number of nitrogens with two attached hydrogens (primary N) is 1. The minimum Gasteiger partial charge on any atom is -0.350 e. The Labute approximate surface area is 149 Å². The van der Waals surface area contributed by atoms with Crippen LogP contribution in [-0.2, 0) is 4.79 Å². The van der Waals surface area contributed by atoms with Gasteiger partial charge in [-0.1, -0.05) is 12.1 Å². The lowest BCUT2D eigenvalue weighted by atomic mass is 10.1. The van der Waals surface area contributed by atoms with E-state index in [2.05, 4.69) is 16.4 Å². The SMILES string of the molecule is CC(N)CCC(=O)NC(C)c1cccc(-n2ccnc2)c1.Cl.Cl. The number of hydrogen-bond donors (Lipinski definition) is 2. The van der Waals surface area contributed by atoms with E-state index in [0.29, 0.717) is 12.8 Å². The van der Waals surface area contributed by atoms with Gasteiger partial charge in [0.15, 0.2) is 0 Å². The van der Waals surface area contributed by atoms with Crippen molar-refractivity contribution < 1.29 is 4.79 Å². The molecule has 1 aromatic carbocycles. The zero-order valence-electron chi connectivity index (χ0n) is 13.3. The molecule has 0 bridgehead atoms. The number of amides is 1. The highest BCUT2D eigenvalue weighted by Crippen LogP contribution is 2.17. The van der Waals surface area contributed by atoms with Crippen molar-refractivity contribution in [2.24, 2.45) is 5.73 Å². The van der Waals surface area contributed by atoms with Crippen LogP contribution in [0.1, 0.15) is 38.3 Å². The van der Waals surface area contributed by atoms with Gasteiger partial charge in [0.25, 0.3) is 0 Å². The van der Waals surface area contributed by atoms with Crippen molar-refractivity contribution in [3.63, 3.8) is 0 Å². The monoisotopic (exact) mass is 358 g/mol. The Morgan fingerprint density at radius 1 is 1.35 bits per heavy atom. The van der Waals surface area contributed by atoms with Crippen molar-refractivity contribution in [1.82, 2.24) is 14.9 Å². The van der Waals surface area contributed by atoms with Crippen LogP contribution in [-0.4, -0.2) is 21.5 Å². The maximum absolute atomic E-state index is 11.9. The maximum Gasteiger partial charge on any atom is 0.220 e. The summed E-state index contributed by atoms with van der Waals surface area (Å²) in [7, 11) is 0. The number of carbonyl (C=O) groups is 1. The second-order valence-electron chi connectivity index (χ2n) is 5.37. The van der Waals surface area contributed by atoms with Gasteiger partial charge in [-0.05, 0) is 38.0 Å². The Morgan fingerprint density at radius 3 is 2.70 bits per heavy atom. The molecule has 128 valence electrons. The van der Waals surface area contributed by atoms with E-state index in [0.717, 1.165) is 11.3 Å². The first kappa shape index (κ1) is 21.4. The van der Waals surface area contributed by atoms with Gasteiger partial charge in [0.1, 0.15) is 0 Å². The quantitative estimate of drug-likeness (QED) is 0.833. The Bertz CT molecular complexity index is 588. The molecule has 5 nitrogen and oxygen atoms in total. The number of imidazole rings is 1. The van der Waals surface area contributed by atoms with E-state index < -0.39 is 0 Å². The molecule has 2 rings (SSSR count). The van der Waals surface area contributed by atoms with Gasteiger partial charge in [-0.2, -0.15) is 0 Å². The summed E-state index contributed by atoms with van der Waals surface area (Å²) in [5.41, 5.74) is 7.76. The first-order valence-electron chi connectivity index (χ1n) is 7.19. The van der Waals surface area contributed by atoms with Gasteiger partial charge in [0.2, 0.25) is 5.91 Å². The zero-order chi connectivity index (χ0) is 15.2. The first-order valence-corrected chi connectivity index (χ1v) is 7.19. The van der Waals surface area contributed by atoms with E-state index in [1.165, 1.54) is 0 Å². The predicted molar refractivity (Wildman–Crippen MR) is 97.5 cm³/mol. The molecule has 1 heterocycles. The largest absolute Gasteiger partial charge is 0.350 e. The van der Waals surface area contributed by atoms with E-state index >= 15 is 0 Å². The molecular weight excluding hydrogens is 335 g/mol. The van der Waals surface area contributed by atoms with Crippen LogP contribution in [0.25, 0.3) is 5.69 Å². The molecule has 23 heavy (non-hydrogen) atoms. The van der Waals surface area contributed by atoms with Gasteiger partial charge in [0.05, 0.1) is 12.4 Å². The predicted octanol–water partition coefficient (Wildman–Crippen LogP) is 3.02. The molecule has 0 saturated carbocycles. The molecule has 0 aliphatic rings. The molecule has 0 fully saturated rings. The minimum absolute atomic E-state index is 0.